The lowest BCUT2D eigenvalue weighted by Gasteiger charge is -2.52. The van der Waals surface area contributed by atoms with Crippen molar-refractivity contribution in [1.29, 1.82) is 0 Å². The molecule has 3 rings (SSSR count). The number of nitrogens with zero attached hydrogens (tertiary/aromatic N) is 3. The average Bonchev–Trinajstić information content (AvgIpc) is 2.76. The van der Waals surface area contributed by atoms with Crippen LogP contribution in [0.25, 0.3) is 0 Å². The molecule has 3 aliphatic rings. The Morgan fingerprint density at radius 1 is 1.16 bits per heavy atom. The van der Waals surface area contributed by atoms with Gasteiger partial charge in [-0.25, -0.2) is 4.79 Å². The Labute approximate surface area is 191 Å². The lowest BCUT2D eigenvalue weighted by Crippen LogP contribution is -2.73. The third-order valence-electron chi connectivity index (χ3n) is 7.05. The molecule has 0 aromatic rings. The number of carbonyl (C=O) groups is 3. The zero-order chi connectivity index (χ0) is 23.3. The molecule has 0 bridgehead atoms. The van der Waals surface area contributed by atoms with Crippen molar-refractivity contribution in [3.05, 3.63) is 0 Å². The van der Waals surface area contributed by atoms with Crippen LogP contribution >= 0.6 is 0 Å². The lowest BCUT2D eigenvalue weighted by atomic mass is 9.85. The molecule has 182 valence electrons. The van der Waals surface area contributed by atoms with E-state index in [4.69, 9.17) is 10.6 Å². The van der Waals surface area contributed by atoms with E-state index in [1.807, 2.05) is 0 Å². The quantitative estimate of drug-likeness (QED) is 0.520. The fraction of sp³-hybridized carbons (Fsp3) is 0.870. The first-order valence-corrected chi connectivity index (χ1v) is 12.3. The van der Waals surface area contributed by atoms with E-state index in [1.54, 1.807) is 4.90 Å². The summed E-state index contributed by atoms with van der Waals surface area (Å²) in [5.41, 5.74) is 5.65. The molecule has 9 heteroatoms. The summed E-state index contributed by atoms with van der Waals surface area (Å²) in [5.74, 6) is 0.434. The Balaban J connectivity index is 1.84. The van der Waals surface area contributed by atoms with Gasteiger partial charge < -0.3 is 20.6 Å². The first-order chi connectivity index (χ1) is 15.3. The van der Waals surface area contributed by atoms with Crippen LogP contribution in [0.3, 0.4) is 0 Å². The Morgan fingerprint density at radius 3 is 2.50 bits per heavy atom. The molecule has 1 saturated carbocycles. The van der Waals surface area contributed by atoms with Crippen LogP contribution in [0.5, 0.6) is 0 Å². The molecule has 1 aliphatic carbocycles. The van der Waals surface area contributed by atoms with Gasteiger partial charge >= 0.3 is 6.09 Å². The van der Waals surface area contributed by atoms with Crippen molar-refractivity contribution in [2.24, 2.45) is 17.6 Å². The molecule has 2 aliphatic heterocycles. The number of unbranched alkanes of at least 4 members (excludes halogenated alkanes) is 1. The molecule has 3 unspecified atom stereocenters. The van der Waals surface area contributed by atoms with Crippen molar-refractivity contribution in [3.63, 3.8) is 0 Å². The summed E-state index contributed by atoms with van der Waals surface area (Å²) in [6.45, 7) is 5.39. The largest absolute Gasteiger partial charge is 0.463 e. The van der Waals surface area contributed by atoms with Gasteiger partial charge in [0.15, 0.2) is 12.3 Å². The average molecular weight is 453 g/mol. The molecule has 2 saturated heterocycles. The minimum absolute atomic E-state index is 0.0871. The van der Waals surface area contributed by atoms with Gasteiger partial charge in [-0.2, -0.15) is 5.06 Å². The van der Waals surface area contributed by atoms with Crippen LogP contribution in [0.2, 0.25) is 0 Å². The highest BCUT2D eigenvalue weighted by Gasteiger charge is 2.53. The summed E-state index contributed by atoms with van der Waals surface area (Å²) < 4.78 is 0. The van der Waals surface area contributed by atoms with Crippen molar-refractivity contribution < 1.29 is 24.3 Å². The number of hydroxylamine groups is 2. The molecule has 0 spiro atoms. The SMILES string of the molecule is CC(C)CCN1CC2N(C(=O)O)OC(CC3CCCCC3)C(=O)N2C(CCCCN)C1=O. The number of fused-ring (bicyclic) bond motifs is 1. The lowest BCUT2D eigenvalue weighted by molar-refractivity contribution is -0.267. The minimum Gasteiger partial charge on any atom is -0.463 e. The summed E-state index contributed by atoms with van der Waals surface area (Å²) in [5, 5.41) is 10.8. The van der Waals surface area contributed by atoms with Crippen LogP contribution in [-0.4, -0.2) is 75.8 Å². The summed E-state index contributed by atoms with van der Waals surface area (Å²) in [6, 6.07) is -0.667. The number of hydrogen-bond acceptors (Lipinski definition) is 5. The maximum Gasteiger partial charge on any atom is 0.433 e. The van der Waals surface area contributed by atoms with E-state index in [9.17, 15) is 19.5 Å². The maximum atomic E-state index is 13.5. The number of hydrogen-bond donors (Lipinski definition) is 2. The van der Waals surface area contributed by atoms with E-state index in [0.29, 0.717) is 44.2 Å². The summed E-state index contributed by atoms with van der Waals surface area (Å²) in [4.78, 5) is 48.1. The van der Waals surface area contributed by atoms with Crippen LogP contribution in [-0.2, 0) is 14.4 Å². The number of rotatable bonds is 9. The van der Waals surface area contributed by atoms with Gasteiger partial charge in [-0.1, -0.05) is 46.0 Å². The topological polar surface area (TPSA) is 116 Å². The van der Waals surface area contributed by atoms with E-state index >= 15 is 0 Å². The highest BCUT2D eigenvalue weighted by molar-refractivity contribution is 5.92. The second kappa shape index (κ2) is 11.3. The monoisotopic (exact) mass is 452 g/mol. The molecule has 2 heterocycles. The molecule has 3 N–H and O–H groups in total. The third kappa shape index (κ3) is 5.73. The highest BCUT2D eigenvalue weighted by Crippen LogP contribution is 2.34. The van der Waals surface area contributed by atoms with Gasteiger partial charge in [0, 0.05) is 6.54 Å². The number of piperazine rings is 1. The second-order valence-corrected chi connectivity index (χ2v) is 9.94. The minimum atomic E-state index is -1.22. The number of amides is 3. The van der Waals surface area contributed by atoms with Crippen LogP contribution in [0.1, 0.15) is 78.1 Å². The third-order valence-corrected chi connectivity index (χ3v) is 7.05. The van der Waals surface area contributed by atoms with Crippen LogP contribution in [0.4, 0.5) is 4.79 Å². The van der Waals surface area contributed by atoms with Gasteiger partial charge in [0.25, 0.3) is 5.91 Å². The van der Waals surface area contributed by atoms with E-state index in [2.05, 4.69) is 13.8 Å². The fourth-order valence-electron chi connectivity index (χ4n) is 5.22. The van der Waals surface area contributed by atoms with E-state index in [0.717, 1.165) is 43.6 Å². The van der Waals surface area contributed by atoms with E-state index in [1.165, 1.54) is 11.3 Å². The van der Waals surface area contributed by atoms with Crippen molar-refractivity contribution in [2.45, 2.75) is 96.4 Å². The van der Waals surface area contributed by atoms with Crippen molar-refractivity contribution in [3.8, 4) is 0 Å². The first kappa shape index (κ1) is 24.8. The van der Waals surface area contributed by atoms with Gasteiger partial charge in [0.05, 0.1) is 6.54 Å². The molecule has 32 heavy (non-hydrogen) atoms. The normalized spacial score (nSPS) is 27.2. The predicted octanol–water partition coefficient (Wildman–Crippen LogP) is 2.79. The summed E-state index contributed by atoms with van der Waals surface area (Å²) in [6.07, 6.45) is 5.93. The number of carbonyl (C=O) groups excluding carboxylic acids is 2. The van der Waals surface area contributed by atoms with Crippen LogP contribution in [0, 0.1) is 11.8 Å². The Morgan fingerprint density at radius 2 is 1.88 bits per heavy atom. The number of nitrogens with two attached hydrogens (primary N) is 1. The van der Waals surface area contributed by atoms with Gasteiger partial charge in [-0.05, 0) is 50.5 Å². The van der Waals surface area contributed by atoms with Gasteiger partial charge in [-0.3, -0.25) is 14.4 Å². The van der Waals surface area contributed by atoms with Crippen molar-refractivity contribution in [1.82, 2.24) is 14.9 Å². The van der Waals surface area contributed by atoms with Crippen molar-refractivity contribution in [2.75, 3.05) is 19.6 Å². The number of carboxylic acid groups (broad SMARTS) is 1. The molecule has 9 nitrogen and oxygen atoms in total. The Bertz CT molecular complexity index is 667. The maximum absolute atomic E-state index is 13.5. The molecule has 0 radical (unpaired) electrons. The predicted molar refractivity (Wildman–Crippen MR) is 119 cm³/mol. The van der Waals surface area contributed by atoms with Gasteiger partial charge in [-0.15, -0.1) is 0 Å². The zero-order valence-electron chi connectivity index (χ0n) is 19.6. The first-order valence-electron chi connectivity index (χ1n) is 12.3. The molecule has 0 aromatic heterocycles. The zero-order valence-corrected chi connectivity index (χ0v) is 19.6. The van der Waals surface area contributed by atoms with Gasteiger partial charge in [0.2, 0.25) is 5.91 Å². The Hall–Kier alpha value is -1.87. The smallest absolute Gasteiger partial charge is 0.433 e. The molecular formula is C23H40N4O5. The Kier molecular flexibility index (Phi) is 8.76. The molecule has 0 aromatic carbocycles. The standard InChI is InChI=1S/C23H40N4O5/c1-16(2)11-13-25-15-20-26(18(21(25)28)10-6-7-12-24)22(29)19(32-27(20)23(30)31)14-17-8-4-3-5-9-17/h16-20H,3-15,24H2,1-2H3,(H,30,31). The summed E-state index contributed by atoms with van der Waals surface area (Å²) in [7, 11) is 0. The molecule has 3 fully saturated rings. The molecule has 3 amide bonds. The highest BCUT2D eigenvalue weighted by atomic mass is 16.7. The van der Waals surface area contributed by atoms with E-state index in [-0.39, 0.29) is 18.4 Å². The summed E-state index contributed by atoms with van der Waals surface area (Å²) >= 11 is 0. The van der Waals surface area contributed by atoms with Gasteiger partial charge in [0.1, 0.15) is 6.04 Å². The van der Waals surface area contributed by atoms with Crippen LogP contribution in [0.15, 0.2) is 0 Å². The fourth-order valence-corrected chi connectivity index (χ4v) is 5.22. The van der Waals surface area contributed by atoms with E-state index < -0.39 is 24.4 Å². The molecular weight excluding hydrogens is 412 g/mol. The van der Waals surface area contributed by atoms with Crippen LogP contribution < -0.4 is 5.73 Å². The molecule has 3 atom stereocenters. The van der Waals surface area contributed by atoms with Crippen molar-refractivity contribution >= 4 is 17.9 Å². The second-order valence-electron chi connectivity index (χ2n) is 9.94.